The lowest BCUT2D eigenvalue weighted by Crippen LogP contribution is -2.46. The molecule has 0 aliphatic carbocycles. The largest absolute Gasteiger partial charge is 0.478 e. The Balaban J connectivity index is 1.53. The quantitative estimate of drug-likeness (QED) is 0.105. The molecular formula is C36H43N5O9. The van der Waals surface area contributed by atoms with Crippen molar-refractivity contribution in [1.29, 1.82) is 0 Å². The van der Waals surface area contributed by atoms with Crippen molar-refractivity contribution >= 4 is 35.4 Å². The number of amides is 3. The molecule has 1 unspecified atom stereocenters. The highest BCUT2D eigenvalue weighted by Crippen LogP contribution is 2.44. The van der Waals surface area contributed by atoms with Crippen LogP contribution in [0.2, 0.25) is 0 Å². The smallest absolute Gasteiger partial charge is 0.437 e. The fourth-order valence-corrected chi connectivity index (χ4v) is 4.90. The first-order valence-corrected chi connectivity index (χ1v) is 16.1. The molecule has 0 aromatic heterocycles. The Morgan fingerprint density at radius 2 is 1.58 bits per heavy atom. The van der Waals surface area contributed by atoms with Gasteiger partial charge in [0.25, 0.3) is 11.6 Å². The number of para-hydroxylation sites is 1. The first kappa shape index (κ1) is 37.2. The van der Waals surface area contributed by atoms with Crippen LogP contribution in [0.4, 0.5) is 21.0 Å². The normalized spacial score (nSPS) is 14.7. The Labute approximate surface area is 290 Å². The molecule has 0 saturated heterocycles. The number of non-ortho nitro benzene ring substituents is 1. The number of nitrogens with zero attached hydrogens (tertiary/aromatic N) is 4. The second-order valence-corrected chi connectivity index (χ2v) is 13.5. The van der Waals surface area contributed by atoms with Crippen LogP contribution < -0.4 is 20.1 Å². The van der Waals surface area contributed by atoms with Crippen molar-refractivity contribution in [2.75, 3.05) is 11.4 Å². The van der Waals surface area contributed by atoms with Crippen LogP contribution in [0, 0.1) is 10.1 Å². The van der Waals surface area contributed by atoms with Gasteiger partial charge in [-0.2, -0.15) is 0 Å². The minimum Gasteiger partial charge on any atom is -0.478 e. The number of nitro benzene ring substituents is 1. The van der Waals surface area contributed by atoms with E-state index in [0.717, 1.165) is 10.5 Å². The van der Waals surface area contributed by atoms with E-state index in [1.165, 1.54) is 12.1 Å². The molecule has 3 aromatic rings. The minimum absolute atomic E-state index is 0.0451. The van der Waals surface area contributed by atoms with Crippen molar-refractivity contribution in [2.24, 2.45) is 10.7 Å². The molecule has 3 aromatic carbocycles. The molecular weight excluding hydrogens is 646 g/mol. The van der Waals surface area contributed by atoms with E-state index < -0.39 is 34.4 Å². The maximum absolute atomic E-state index is 13.5. The summed E-state index contributed by atoms with van der Waals surface area (Å²) >= 11 is 0. The van der Waals surface area contributed by atoms with Crippen LogP contribution in [0.15, 0.2) is 71.7 Å². The van der Waals surface area contributed by atoms with Gasteiger partial charge in [0, 0.05) is 18.7 Å². The van der Waals surface area contributed by atoms with Crippen molar-refractivity contribution in [1.82, 2.24) is 4.90 Å². The summed E-state index contributed by atoms with van der Waals surface area (Å²) in [5.41, 5.74) is 6.37. The van der Waals surface area contributed by atoms with Gasteiger partial charge in [-0.1, -0.05) is 37.3 Å². The van der Waals surface area contributed by atoms with Gasteiger partial charge in [-0.3, -0.25) is 19.8 Å². The van der Waals surface area contributed by atoms with Crippen molar-refractivity contribution in [3.8, 4) is 17.2 Å². The molecule has 1 heterocycles. The topological polar surface area (TPSA) is 176 Å². The summed E-state index contributed by atoms with van der Waals surface area (Å²) in [6, 6.07) is 18.4. The summed E-state index contributed by atoms with van der Waals surface area (Å²) in [5, 5.41) is 11.1. The van der Waals surface area contributed by atoms with Crippen LogP contribution in [0.25, 0.3) is 0 Å². The maximum Gasteiger partial charge on any atom is 0.437 e. The maximum atomic E-state index is 13.5. The highest BCUT2D eigenvalue weighted by Gasteiger charge is 2.36. The number of rotatable bonds is 9. The SMILES string of the molecule is CCC1Oc2cccc(Oc3ccc(CCN(C(=O)OC(C)(C)C)C(N)=NC(=O)OC(C)(C)C)cc3)c2N(Cc2ccc([N+](=O)[O-])cc2)C1=O. The molecule has 2 N–H and O–H groups in total. The molecule has 266 valence electrons. The van der Waals surface area contributed by atoms with E-state index >= 15 is 0 Å². The monoisotopic (exact) mass is 689 g/mol. The molecule has 1 aliphatic heterocycles. The van der Waals surface area contributed by atoms with Gasteiger partial charge < -0.3 is 24.7 Å². The number of anilines is 1. The van der Waals surface area contributed by atoms with E-state index in [1.807, 2.05) is 19.1 Å². The number of hydrogen-bond donors (Lipinski definition) is 1. The van der Waals surface area contributed by atoms with Crippen molar-refractivity contribution < 1.29 is 38.3 Å². The summed E-state index contributed by atoms with van der Waals surface area (Å²) < 4.78 is 23.0. The second kappa shape index (κ2) is 15.3. The van der Waals surface area contributed by atoms with Gasteiger partial charge in [-0.15, -0.1) is 4.99 Å². The summed E-state index contributed by atoms with van der Waals surface area (Å²) in [6.45, 7) is 12.3. The van der Waals surface area contributed by atoms with Crippen molar-refractivity contribution in [3.63, 3.8) is 0 Å². The van der Waals surface area contributed by atoms with Crippen molar-refractivity contribution in [2.45, 2.75) is 85.2 Å². The van der Waals surface area contributed by atoms with E-state index in [9.17, 15) is 24.5 Å². The van der Waals surface area contributed by atoms with E-state index in [4.69, 9.17) is 24.7 Å². The molecule has 0 spiro atoms. The average Bonchev–Trinajstić information content (AvgIpc) is 3.01. The van der Waals surface area contributed by atoms with Crippen LogP contribution in [-0.4, -0.2) is 57.7 Å². The number of benzene rings is 3. The van der Waals surface area contributed by atoms with E-state index in [-0.39, 0.29) is 30.6 Å². The molecule has 0 saturated carbocycles. The highest BCUT2D eigenvalue weighted by atomic mass is 16.6. The van der Waals surface area contributed by atoms with Crippen LogP contribution in [0.5, 0.6) is 17.2 Å². The zero-order chi connectivity index (χ0) is 36.8. The number of fused-ring (bicyclic) bond motifs is 1. The van der Waals surface area contributed by atoms with E-state index in [1.54, 1.807) is 88.9 Å². The predicted octanol–water partition coefficient (Wildman–Crippen LogP) is 7.12. The summed E-state index contributed by atoms with van der Waals surface area (Å²) in [6.07, 6.45) is -1.62. The van der Waals surface area contributed by atoms with Gasteiger partial charge in [0.05, 0.1) is 11.5 Å². The van der Waals surface area contributed by atoms with Crippen molar-refractivity contribution in [3.05, 3.63) is 88.0 Å². The second-order valence-electron chi connectivity index (χ2n) is 13.5. The van der Waals surface area contributed by atoms with Gasteiger partial charge in [0.15, 0.2) is 11.9 Å². The van der Waals surface area contributed by atoms with Crippen LogP contribution >= 0.6 is 0 Å². The third-order valence-electron chi connectivity index (χ3n) is 7.17. The molecule has 1 aliphatic rings. The first-order valence-electron chi connectivity index (χ1n) is 16.1. The molecule has 1 atom stereocenters. The zero-order valence-electron chi connectivity index (χ0n) is 29.3. The Hall–Kier alpha value is -5.66. The van der Waals surface area contributed by atoms with Gasteiger partial charge in [0.1, 0.15) is 28.4 Å². The lowest BCUT2D eigenvalue weighted by atomic mass is 10.1. The molecule has 0 fully saturated rings. The number of guanidine groups is 1. The molecule has 4 rings (SSSR count). The molecule has 0 bridgehead atoms. The molecule has 14 nitrogen and oxygen atoms in total. The van der Waals surface area contributed by atoms with E-state index in [2.05, 4.69) is 4.99 Å². The van der Waals surface area contributed by atoms with Gasteiger partial charge in [-0.25, -0.2) is 14.5 Å². The van der Waals surface area contributed by atoms with Gasteiger partial charge in [0.2, 0.25) is 5.96 Å². The molecule has 3 amide bonds. The summed E-state index contributed by atoms with van der Waals surface area (Å²) in [5.74, 6) is 0.705. The Morgan fingerprint density at radius 3 is 2.16 bits per heavy atom. The third kappa shape index (κ3) is 9.94. The standard InChI is InChI=1S/C36H43N5O9/c1-8-27-31(42)40(22-24-12-16-25(17-13-24)41(45)46)30-28(10-9-11-29(30)48-27)47-26-18-14-23(15-19-26)20-21-39(34(44)50-36(5,6)7)32(37)38-33(43)49-35(2,3)4/h9-19,27H,8,20-22H2,1-7H3,(H2,37,38,43). The van der Waals surface area contributed by atoms with Gasteiger partial charge in [-0.05, 0) is 89.8 Å². The third-order valence-corrected chi connectivity index (χ3v) is 7.17. The number of nitrogens with two attached hydrogens (primary N) is 1. The summed E-state index contributed by atoms with van der Waals surface area (Å²) in [7, 11) is 0. The number of carbonyl (C=O) groups is 3. The van der Waals surface area contributed by atoms with Crippen LogP contribution in [0.3, 0.4) is 0 Å². The van der Waals surface area contributed by atoms with Crippen LogP contribution in [-0.2, 0) is 27.2 Å². The van der Waals surface area contributed by atoms with Crippen LogP contribution in [0.1, 0.15) is 66.0 Å². The molecule has 0 radical (unpaired) electrons. The number of nitro groups is 1. The lowest BCUT2D eigenvalue weighted by Gasteiger charge is -2.35. The van der Waals surface area contributed by atoms with Gasteiger partial charge >= 0.3 is 12.2 Å². The fraction of sp³-hybridized carbons (Fsp3) is 0.389. The Kier molecular flexibility index (Phi) is 11.3. The fourth-order valence-electron chi connectivity index (χ4n) is 4.90. The zero-order valence-corrected chi connectivity index (χ0v) is 29.3. The number of carbonyl (C=O) groups excluding carboxylic acids is 3. The average molecular weight is 690 g/mol. The Morgan fingerprint density at radius 1 is 0.960 bits per heavy atom. The molecule has 50 heavy (non-hydrogen) atoms. The Bertz CT molecular complexity index is 1740. The lowest BCUT2D eigenvalue weighted by molar-refractivity contribution is -0.384. The predicted molar refractivity (Wildman–Crippen MR) is 186 cm³/mol. The first-order chi connectivity index (χ1) is 23.4. The van der Waals surface area contributed by atoms with E-state index in [0.29, 0.717) is 41.3 Å². The highest BCUT2D eigenvalue weighted by molar-refractivity contribution is 6.01. The molecule has 14 heteroatoms. The minimum atomic E-state index is -0.934. The summed E-state index contributed by atoms with van der Waals surface area (Å²) in [4.78, 5) is 55.9. The number of ether oxygens (including phenoxy) is 4. The number of aliphatic imine (C=N–C) groups is 1. The number of hydrogen-bond acceptors (Lipinski definition) is 9.